The first-order valence-electron chi connectivity index (χ1n) is 3.98. The van der Waals surface area contributed by atoms with E-state index in [9.17, 15) is 4.79 Å². The van der Waals surface area contributed by atoms with Gasteiger partial charge >= 0.3 is 5.69 Å². The van der Waals surface area contributed by atoms with Gasteiger partial charge in [0.2, 0.25) is 0 Å². The van der Waals surface area contributed by atoms with Crippen LogP contribution in [0, 0.1) is 11.3 Å². The van der Waals surface area contributed by atoms with Crippen LogP contribution >= 0.6 is 11.6 Å². The molecule has 0 saturated heterocycles. The zero-order chi connectivity index (χ0) is 10.1. The topological polar surface area (TPSA) is 61.6 Å². The van der Waals surface area contributed by atoms with Crippen LogP contribution in [0.5, 0.6) is 0 Å². The highest BCUT2D eigenvalue weighted by Gasteiger charge is 2.08. The van der Waals surface area contributed by atoms with Gasteiger partial charge in [0.1, 0.15) is 6.54 Å². The van der Waals surface area contributed by atoms with Crippen molar-refractivity contribution in [3.8, 4) is 6.07 Å². The van der Waals surface area contributed by atoms with Gasteiger partial charge in [-0.1, -0.05) is 17.7 Å². The van der Waals surface area contributed by atoms with Crippen molar-refractivity contribution in [3.05, 3.63) is 33.7 Å². The normalized spacial score (nSPS) is 10.3. The van der Waals surface area contributed by atoms with Crippen LogP contribution in [-0.4, -0.2) is 9.55 Å². The number of nitriles is 1. The Morgan fingerprint density at radius 1 is 1.57 bits per heavy atom. The van der Waals surface area contributed by atoms with E-state index < -0.39 is 0 Å². The molecule has 0 radical (unpaired) electrons. The zero-order valence-corrected chi connectivity index (χ0v) is 7.88. The molecule has 0 atom stereocenters. The molecule has 0 aliphatic carbocycles. The van der Waals surface area contributed by atoms with Crippen molar-refractivity contribution >= 4 is 22.6 Å². The lowest BCUT2D eigenvalue weighted by Crippen LogP contribution is -2.15. The summed E-state index contributed by atoms with van der Waals surface area (Å²) in [6.07, 6.45) is 0. The number of para-hydroxylation sites is 1. The number of halogens is 1. The molecule has 14 heavy (non-hydrogen) atoms. The third-order valence-corrected chi connectivity index (χ3v) is 2.28. The minimum absolute atomic E-state index is 0.00255. The number of fused-ring (bicyclic) bond motifs is 1. The summed E-state index contributed by atoms with van der Waals surface area (Å²) < 4.78 is 1.32. The number of nitrogens with zero attached hydrogens (tertiary/aromatic N) is 2. The first kappa shape index (κ1) is 8.85. The number of aromatic nitrogens is 2. The molecule has 0 aliphatic rings. The van der Waals surface area contributed by atoms with Gasteiger partial charge in [-0.2, -0.15) is 5.26 Å². The van der Waals surface area contributed by atoms with Crippen LogP contribution in [0.2, 0.25) is 5.02 Å². The van der Waals surface area contributed by atoms with Crippen molar-refractivity contribution < 1.29 is 0 Å². The van der Waals surface area contributed by atoms with E-state index >= 15 is 0 Å². The Kier molecular flexibility index (Phi) is 2.02. The van der Waals surface area contributed by atoms with E-state index in [2.05, 4.69) is 4.98 Å². The first-order valence-corrected chi connectivity index (χ1v) is 4.36. The lowest BCUT2D eigenvalue weighted by Gasteiger charge is -1.97. The smallest absolute Gasteiger partial charge is 0.305 e. The number of H-pyrrole nitrogens is 1. The maximum absolute atomic E-state index is 11.4. The lowest BCUT2D eigenvalue weighted by atomic mass is 10.3. The number of aromatic amines is 1. The monoisotopic (exact) mass is 207 g/mol. The molecular weight excluding hydrogens is 202 g/mol. The van der Waals surface area contributed by atoms with Crippen LogP contribution in [0.1, 0.15) is 0 Å². The largest absolute Gasteiger partial charge is 0.327 e. The molecule has 1 aromatic carbocycles. The van der Waals surface area contributed by atoms with E-state index in [-0.39, 0.29) is 12.2 Å². The van der Waals surface area contributed by atoms with Gasteiger partial charge in [-0.05, 0) is 12.1 Å². The highest BCUT2D eigenvalue weighted by molar-refractivity contribution is 6.34. The Morgan fingerprint density at radius 3 is 3.07 bits per heavy atom. The quantitative estimate of drug-likeness (QED) is 0.771. The summed E-state index contributed by atoms with van der Waals surface area (Å²) in [7, 11) is 0. The summed E-state index contributed by atoms with van der Waals surface area (Å²) in [5.41, 5.74) is 0.924. The zero-order valence-electron chi connectivity index (χ0n) is 7.12. The summed E-state index contributed by atoms with van der Waals surface area (Å²) in [5.74, 6) is 0. The molecule has 1 heterocycles. The minimum Gasteiger partial charge on any atom is -0.305 e. The van der Waals surface area contributed by atoms with Gasteiger partial charge in [-0.3, -0.25) is 4.57 Å². The summed E-state index contributed by atoms with van der Waals surface area (Å²) in [6, 6.07) is 7.09. The molecule has 0 amide bonds. The maximum Gasteiger partial charge on any atom is 0.327 e. The van der Waals surface area contributed by atoms with Gasteiger partial charge in [0.15, 0.2) is 0 Å². The van der Waals surface area contributed by atoms with E-state index in [1.807, 2.05) is 6.07 Å². The SMILES string of the molecule is N#CCn1c(=O)[nH]c2cccc(Cl)c21. The minimum atomic E-state index is -0.311. The van der Waals surface area contributed by atoms with Crippen molar-refractivity contribution in [2.75, 3.05) is 0 Å². The van der Waals surface area contributed by atoms with Crippen molar-refractivity contribution in [2.24, 2.45) is 0 Å². The number of hydrogen-bond acceptors (Lipinski definition) is 2. The van der Waals surface area contributed by atoms with Crippen molar-refractivity contribution in [2.45, 2.75) is 6.54 Å². The first-order chi connectivity index (χ1) is 6.74. The average Bonchev–Trinajstić information content (AvgIpc) is 2.45. The fourth-order valence-corrected chi connectivity index (χ4v) is 1.67. The molecule has 0 saturated carbocycles. The Balaban J connectivity index is 2.88. The molecule has 1 N–H and O–H groups in total. The van der Waals surface area contributed by atoms with Gasteiger partial charge in [-0.15, -0.1) is 0 Å². The molecule has 0 bridgehead atoms. The van der Waals surface area contributed by atoms with Gasteiger partial charge < -0.3 is 4.98 Å². The number of nitrogens with one attached hydrogen (secondary N) is 1. The molecule has 2 rings (SSSR count). The van der Waals surface area contributed by atoms with Crippen LogP contribution in [-0.2, 0) is 6.54 Å². The van der Waals surface area contributed by atoms with E-state index in [0.717, 1.165) is 0 Å². The lowest BCUT2D eigenvalue weighted by molar-refractivity contribution is 0.817. The third-order valence-electron chi connectivity index (χ3n) is 1.97. The van der Waals surface area contributed by atoms with E-state index in [1.165, 1.54) is 4.57 Å². The number of imidazole rings is 1. The molecule has 5 heteroatoms. The highest BCUT2D eigenvalue weighted by atomic mass is 35.5. The van der Waals surface area contributed by atoms with Crippen LogP contribution < -0.4 is 5.69 Å². The Bertz CT molecular complexity index is 576. The van der Waals surface area contributed by atoms with E-state index in [0.29, 0.717) is 16.1 Å². The second-order valence-electron chi connectivity index (χ2n) is 2.81. The molecule has 0 aliphatic heterocycles. The summed E-state index contributed by atoms with van der Waals surface area (Å²) in [6.45, 7) is 0.00255. The Hall–Kier alpha value is -1.73. The molecular formula is C9H6ClN3O. The fraction of sp³-hybridized carbons (Fsp3) is 0.111. The molecule has 0 unspecified atom stereocenters. The van der Waals surface area contributed by atoms with Crippen molar-refractivity contribution in [3.63, 3.8) is 0 Å². The highest BCUT2D eigenvalue weighted by Crippen LogP contribution is 2.20. The number of benzene rings is 1. The van der Waals surface area contributed by atoms with Crippen molar-refractivity contribution in [1.82, 2.24) is 9.55 Å². The average molecular weight is 208 g/mol. The standard InChI is InChI=1S/C9H6ClN3O/c10-6-2-1-3-7-8(6)13(5-4-11)9(14)12-7/h1-3H,5H2,(H,12,14). The molecule has 0 fully saturated rings. The van der Waals surface area contributed by atoms with Crippen LogP contribution in [0.25, 0.3) is 11.0 Å². The maximum atomic E-state index is 11.4. The second kappa shape index (κ2) is 3.20. The molecule has 0 spiro atoms. The summed E-state index contributed by atoms with van der Waals surface area (Å²) in [5, 5.41) is 9.01. The number of rotatable bonds is 1. The van der Waals surface area contributed by atoms with Gasteiger partial charge in [0.25, 0.3) is 0 Å². The molecule has 1 aromatic heterocycles. The predicted molar refractivity (Wildman–Crippen MR) is 53.2 cm³/mol. The predicted octanol–water partition coefficient (Wildman–Crippen LogP) is 1.51. The van der Waals surface area contributed by atoms with Crippen LogP contribution in [0.4, 0.5) is 0 Å². The second-order valence-corrected chi connectivity index (χ2v) is 3.22. The van der Waals surface area contributed by atoms with Gasteiger partial charge in [-0.25, -0.2) is 4.79 Å². The number of hydrogen-bond donors (Lipinski definition) is 1. The summed E-state index contributed by atoms with van der Waals surface area (Å²) >= 11 is 5.92. The Labute approximate surface area is 84.3 Å². The van der Waals surface area contributed by atoms with E-state index in [1.54, 1.807) is 18.2 Å². The van der Waals surface area contributed by atoms with Gasteiger partial charge in [0, 0.05) is 0 Å². The van der Waals surface area contributed by atoms with Crippen molar-refractivity contribution in [1.29, 1.82) is 5.26 Å². The summed E-state index contributed by atoms with van der Waals surface area (Å²) in [4.78, 5) is 14.0. The van der Waals surface area contributed by atoms with Crippen LogP contribution in [0.3, 0.4) is 0 Å². The molecule has 2 aromatic rings. The molecule has 4 nitrogen and oxygen atoms in total. The third kappa shape index (κ3) is 1.19. The van der Waals surface area contributed by atoms with Crippen LogP contribution in [0.15, 0.2) is 23.0 Å². The molecule has 70 valence electrons. The van der Waals surface area contributed by atoms with E-state index in [4.69, 9.17) is 16.9 Å². The fourth-order valence-electron chi connectivity index (χ4n) is 1.40. The Morgan fingerprint density at radius 2 is 2.36 bits per heavy atom. The van der Waals surface area contributed by atoms with Gasteiger partial charge in [0.05, 0.1) is 22.1 Å².